The normalized spacial score (nSPS) is 35.6. The largest absolute Gasteiger partial charge is 0.341 e. The van der Waals surface area contributed by atoms with Gasteiger partial charge in [-0.25, -0.2) is 9.76 Å². The Kier molecular flexibility index (Phi) is 2.15. The van der Waals surface area contributed by atoms with Crippen LogP contribution in [0.25, 0.3) is 0 Å². The van der Waals surface area contributed by atoms with Gasteiger partial charge < -0.3 is 4.89 Å². The highest BCUT2D eigenvalue weighted by atomic mass is 31.2. The first-order valence-corrected chi connectivity index (χ1v) is 5.00. The minimum absolute atomic E-state index is 0.144. The zero-order valence-electron chi connectivity index (χ0n) is 6.24. The third-order valence-corrected chi connectivity index (χ3v) is 3.60. The van der Waals surface area contributed by atoms with Crippen LogP contribution in [0.5, 0.6) is 0 Å². The molecule has 0 aliphatic carbocycles. The standard InChI is InChI=1S/C5H13N2O2P/c1-5(2)7-4-3-6-10(7,8)9/h5H,3-4H2,1-2H3,(H2,6,8,9). The molecule has 0 radical (unpaired) electrons. The maximum Gasteiger partial charge on any atom is 0.341 e. The van der Waals surface area contributed by atoms with Crippen molar-refractivity contribution in [3.63, 3.8) is 0 Å². The molecule has 5 heteroatoms. The topological polar surface area (TPSA) is 52.6 Å². The van der Waals surface area contributed by atoms with Crippen molar-refractivity contribution in [3.8, 4) is 0 Å². The number of rotatable bonds is 1. The lowest BCUT2D eigenvalue weighted by Gasteiger charge is -2.22. The summed E-state index contributed by atoms with van der Waals surface area (Å²) in [5, 5.41) is 2.56. The average molecular weight is 164 g/mol. The summed E-state index contributed by atoms with van der Waals surface area (Å²) in [5.74, 6) is 0. The summed E-state index contributed by atoms with van der Waals surface area (Å²) in [6.07, 6.45) is 0. The van der Waals surface area contributed by atoms with E-state index in [1.165, 1.54) is 0 Å². The Labute approximate surface area is 60.8 Å². The van der Waals surface area contributed by atoms with Crippen LogP contribution in [0.3, 0.4) is 0 Å². The first kappa shape index (κ1) is 8.21. The molecule has 0 aromatic rings. The van der Waals surface area contributed by atoms with Crippen LogP contribution in [0.2, 0.25) is 0 Å². The molecule has 60 valence electrons. The van der Waals surface area contributed by atoms with Gasteiger partial charge in [-0.3, -0.25) is 4.57 Å². The third kappa shape index (κ3) is 1.40. The number of nitrogens with zero attached hydrogens (tertiary/aromatic N) is 1. The van der Waals surface area contributed by atoms with Crippen molar-refractivity contribution in [2.24, 2.45) is 0 Å². The number of hydrogen-bond acceptors (Lipinski definition) is 1. The second-order valence-electron chi connectivity index (χ2n) is 2.71. The summed E-state index contributed by atoms with van der Waals surface area (Å²) in [5.41, 5.74) is 0. The van der Waals surface area contributed by atoms with E-state index in [2.05, 4.69) is 5.09 Å². The van der Waals surface area contributed by atoms with Gasteiger partial charge in [-0.1, -0.05) is 0 Å². The lowest BCUT2D eigenvalue weighted by molar-refractivity contribution is 0.334. The molecule has 1 rings (SSSR count). The van der Waals surface area contributed by atoms with E-state index in [1.807, 2.05) is 13.8 Å². The molecular formula is C5H13N2O2P. The SMILES string of the molecule is CC(C)N1CCNP1(=O)O. The van der Waals surface area contributed by atoms with E-state index in [4.69, 9.17) is 0 Å². The fourth-order valence-corrected chi connectivity index (χ4v) is 2.68. The van der Waals surface area contributed by atoms with Crippen LogP contribution in [0.4, 0.5) is 0 Å². The highest BCUT2D eigenvalue weighted by Gasteiger charge is 2.34. The summed E-state index contributed by atoms with van der Waals surface area (Å²) in [4.78, 5) is 9.20. The van der Waals surface area contributed by atoms with Crippen LogP contribution in [0, 0.1) is 0 Å². The summed E-state index contributed by atoms with van der Waals surface area (Å²) in [6, 6.07) is 0.144. The fraction of sp³-hybridized carbons (Fsp3) is 1.00. The molecule has 10 heavy (non-hydrogen) atoms. The molecule has 0 aromatic carbocycles. The Morgan fingerprint density at radius 3 is 2.50 bits per heavy atom. The van der Waals surface area contributed by atoms with Crippen molar-refractivity contribution in [2.75, 3.05) is 13.1 Å². The van der Waals surface area contributed by atoms with Crippen molar-refractivity contribution >= 4 is 7.67 Å². The van der Waals surface area contributed by atoms with Gasteiger partial charge in [0, 0.05) is 19.1 Å². The molecule has 0 bridgehead atoms. The lowest BCUT2D eigenvalue weighted by atomic mass is 10.4. The number of hydrogen-bond donors (Lipinski definition) is 2. The monoisotopic (exact) mass is 164 g/mol. The minimum atomic E-state index is -3.13. The van der Waals surface area contributed by atoms with E-state index in [0.29, 0.717) is 13.1 Å². The van der Waals surface area contributed by atoms with Crippen molar-refractivity contribution < 1.29 is 9.46 Å². The molecule has 0 spiro atoms. The number of nitrogens with one attached hydrogen (secondary N) is 1. The Morgan fingerprint density at radius 2 is 2.30 bits per heavy atom. The fourth-order valence-electron chi connectivity index (χ4n) is 1.11. The second kappa shape index (κ2) is 2.62. The van der Waals surface area contributed by atoms with Crippen molar-refractivity contribution in [1.29, 1.82) is 0 Å². The van der Waals surface area contributed by atoms with Gasteiger partial charge in [-0.2, -0.15) is 0 Å². The molecule has 0 amide bonds. The molecule has 1 fully saturated rings. The van der Waals surface area contributed by atoms with Crippen LogP contribution in [-0.2, 0) is 4.57 Å². The average Bonchev–Trinajstić information content (AvgIpc) is 2.08. The van der Waals surface area contributed by atoms with Crippen LogP contribution >= 0.6 is 7.67 Å². The molecule has 0 aromatic heterocycles. The zero-order valence-corrected chi connectivity index (χ0v) is 7.14. The highest BCUT2D eigenvalue weighted by molar-refractivity contribution is 7.53. The molecule has 4 nitrogen and oxygen atoms in total. The summed E-state index contributed by atoms with van der Waals surface area (Å²) in [7, 11) is -3.13. The second-order valence-corrected chi connectivity index (χ2v) is 4.63. The van der Waals surface area contributed by atoms with Crippen molar-refractivity contribution in [1.82, 2.24) is 9.76 Å². The predicted molar refractivity (Wildman–Crippen MR) is 39.7 cm³/mol. The quantitative estimate of drug-likeness (QED) is 0.551. The minimum Gasteiger partial charge on any atom is -0.322 e. The molecule has 1 atom stereocenters. The highest BCUT2D eigenvalue weighted by Crippen LogP contribution is 2.44. The molecule has 1 saturated heterocycles. The zero-order chi connectivity index (χ0) is 7.78. The van der Waals surface area contributed by atoms with E-state index in [0.717, 1.165) is 0 Å². The van der Waals surface area contributed by atoms with Gasteiger partial charge in [0.15, 0.2) is 0 Å². The maximum atomic E-state index is 11.2. The summed E-state index contributed by atoms with van der Waals surface area (Å²) < 4.78 is 12.7. The smallest absolute Gasteiger partial charge is 0.322 e. The van der Waals surface area contributed by atoms with E-state index >= 15 is 0 Å². The van der Waals surface area contributed by atoms with Gasteiger partial charge in [-0.05, 0) is 13.8 Å². The molecular weight excluding hydrogens is 151 g/mol. The molecule has 2 N–H and O–H groups in total. The Bertz CT molecular complexity index is 171. The van der Waals surface area contributed by atoms with Gasteiger partial charge in [-0.15, -0.1) is 0 Å². The van der Waals surface area contributed by atoms with Crippen LogP contribution in [0.15, 0.2) is 0 Å². The van der Waals surface area contributed by atoms with E-state index in [-0.39, 0.29) is 6.04 Å². The molecule has 0 saturated carbocycles. The summed E-state index contributed by atoms with van der Waals surface area (Å²) in [6.45, 7) is 5.11. The maximum absolute atomic E-state index is 11.2. The van der Waals surface area contributed by atoms with Gasteiger partial charge in [0.05, 0.1) is 0 Å². The molecule has 1 aliphatic heterocycles. The van der Waals surface area contributed by atoms with Gasteiger partial charge in [0.25, 0.3) is 0 Å². The summed E-state index contributed by atoms with van der Waals surface area (Å²) >= 11 is 0. The Morgan fingerprint density at radius 1 is 1.70 bits per heavy atom. The van der Waals surface area contributed by atoms with E-state index < -0.39 is 7.67 Å². The molecule has 1 unspecified atom stereocenters. The Balaban J connectivity index is 2.69. The Hall–Kier alpha value is 0.110. The van der Waals surface area contributed by atoms with Gasteiger partial charge >= 0.3 is 7.67 Å². The first-order valence-electron chi connectivity index (χ1n) is 3.39. The van der Waals surface area contributed by atoms with Crippen molar-refractivity contribution in [3.05, 3.63) is 0 Å². The first-order chi connectivity index (χ1) is 4.54. The van der Waals surface area contributed by atoms with Crippen LogP contribution < -0.4 is 5.09 Å². The van der Waals surface area contributed by atoms with Crippen LogP contribution in [-0.4, -0.2) is 28.7 Å². The predicted octanol–water partition coefficient (Wildman–Crippen LogP) is 0.400. The van der Waals surface area contributed by atoms with Gasteiger partial charge in [0.2, 0.25) is 0 Å². The molecule has 1 heterocycles. The van der Waals surface area contributed by atoms with E-state index in [1.54, 1.807) is 4.67 Å². The van der Waals surface area contributed by atoms with Crippen LogP contribution in [0.1, 0.15) is 13.8 Å². The van der Waals surface area contributed by atoms with Gasteiger partial charge in [0.1, 0.15) is 0 Å². The third-order valence-electron chi connectivity index (χ3n) is 1.60. The lowest BCUT2D eigenvalue weighted by Crippen LogP contribution is -2.24. The van der Waals surface area contributed by atoms with Crippen molar-refractivity contribution in [2.45, 2.75) is 19.9 Å². The molecule has 1 aliphatic rings. The van der Waals surface area contributed by atoms with E-state index in [9.17, 15) is 9.46 Å².